The van der Waals surface area contributed by atoms with E-state index in [1.807, 2.05) is 18.2 Å². The van der Waals surface area contributed by atoms with Crippen molar-refractivity contribution in [1.29, 1.82) is 0 Å². The Morgan fingerprint density at radius 2 is 2.11 bits per heavy atom. The molecule has 0 unspecified atom stereocenters. The highest BCUT2D eigenvalue weighted by molar-refractivity contribution is 5.90. The fourth-order valence-electron chi connectivity index (χ4n) is 1.43. The molecule has 0 aliphatic carbocycles. The van der Waals surface area contributed by atoms with Crippen LogP contribution in [0.5, 0.6) is 5.75 Å². The van der Waals surface area contributed by atoms with E-state index in [0.717, 1.165) is 18.0 Å². The average molecular weight is 252 g/mol. The van der Waals surface area contributed by atoms with Crippen molar-refractivity contribution in [2.45, 2.75) is 6.42 Å². The van der Waals surface area contributed by atoms with Crippen molar-refractivity contribution in [2.24, 2.45) is 0 Å². The Balaban J connectivity index is 2.26. The van der Waals surface area contributed by atoms with Crippen molar-refractivity contribution >= 4 is 11.6 Å². The number of rotatable bonds is 8. The van der Waals surface area contributed by atoms with E-state index in [9.17, 15) is 4.79 Å². The number of carbonyl (C=O) groups is 1. The Morgan fingerprint density at radius 3 is 2.83 bits per heavy atom. The molecule has 5 heteroatoms. The van der Waals surface area contributed by atoms with Gasteiger partial charge in [0.2, 0.25) is 5.91 Å². The van der Waals surface area contributed by atoms with E-state index in [2.05, 4.69) is 10.6 Å². The molecule has 0 aliphatic heterocycles. The van der Waals surface area contributed by atoms with E-state index in [1.165, 1.54) is 0 Å². The van der Waals surface area contributed by atoms with E-state index < -0.39 is 0 Å². The van der Waals surface area contributed by atoms with Gasteiger partial charge in [-0.25, -0.2) is 0 Å². The van der Waals surface area contributed by atoms with Gasteiger partial charge in [-0.1, -0.05) is 6.07 Å². The van der Waals surface area contributed by atoms with Crippen LogP contribution in [0.2, 0.25) is 0 Å². The summed E-state index contributed by atoms with van der Waals surface area (Å²) in [6.07, 6.45) is 0.431. The van der Waals surface area contributed by atoms with E-state index in [-0.39, 0.29) is 5.91 Å². The summed E-state index contributed by atoms with van der Waals surface area (Å²) in [5, 5.41) is 5.93. The van der Waals surface area contributed by atoms with Crippen LogP contribution in [0.3, 0.4) is 0 Å². The Hall–Kier alpha value is -1.59. The van der Waals surface area contributed by atoms with Crippen LogP contribution in [0, 0.1) is 0 Å². The molecule has 1 rings (SSSR count). The number of ether oxygens (including phenoxy) is 2. The molecule has 2 N–H and O–H groups in total. The number of methoxy groups -OCH3 is 2. The molecule has 0 fully saturated rings. The highest BCUT2D eigenvalue weighted by atomic mass is 16.5. The number of anilines is 1. The second-order valence-electron chi connectivity index (χ2n) is 3.77. The monoisotopic (exact) mass is 252 g/mol. The van der Waals surface area contributed by atoms with Crippen molar-refractivity contribution in [2.75, 3.05) is 39.2 Å². The van der Waals surface area contributed by atoms with Gasteiger partial charge in [-0.05, 0) is 12.1 Å². The summed E-state index contributed by atoms with van der Waals surface area (Å²) >= 11 is 0. The summed E-state index contributed by atoms with van der Waals surface area (Å²) in [5.74, 6) is 0.708. The number of amides is 1. The van der Waals surface area contributed by atoms with Crippen LogP contribution in [-0.2, 0) is 9.53 Å². The van der Waals surface area contributed by atoms with Crippen LogP contribution in [0.4, 0.5) is 5.69 Å². The summed E-state index contributed by atoms with van der Waals surface area (Å²) in [6, 6.07) is 7.29. The van der Waals surface area contributed by atoms with E-state index in [4.69, 9.17) is 9.47 Å². The summed E-state index contributed by atoms with van der Waals surface area (Å²) in [5.41, 5.74) is 0.747. The highest BCUT2D eigenvalue weighted by Gasteiger charge is 2.02. The van der Waals surface area contributed by atoms with Crippen molar-refractivity contribution in [3.8, 4) is 5.75 Å². The molecule has 1 aromatic rings. The number of benzene rings is 1. The molecule has 0 aromatic heterocycles. The molecule has 100 valence electrons. The topological polar surface area (TPSA) is 59.6 Å². The first kappa shape index (κ1) is 14.5. The van der Waals surface area contributed by atoms with Crippen LogP contribution in [0.1, 0.15) is 6.42 Å². The maximum Gasteiger partial charge on any atom is 0.225 e. The molecule has 1 aromatic carbocycles. The third-order valence-corrected chi connectivity index (χ3v) is 2.37. The standard InChI is InChI=1S/C13H20N2O3/c1-17-9-8-14-7-6-13(16)15-11-4-3-5-12(10-11)18-2/h3-5,10,14H,6-9H2,1-2H3,(H,15,16). The van der Waals surface area contributed by atoms with E-state index in [1.54, 1.807) is 20.3 Å². The normalized spacial score (nSPS) is 10.1. The lowest BCUT2D eigenvalue weighted by Gasteiger charge is -2.07. The van der Waals surface area contributed by atoms with Crippen molar-refractivity contribution in [1.82, 2.24) is 5.32 Å². The Labute approximate surface area is 107 Å². The quantitative estimate of drug-likeness (QED) is 0.684. The lowest BCUT2D eigenvalue weighted by atomic mass is 10.3. The molecule has 0 heterocycles. The third kappa shape index (κ3) is 5.65. The lowest BCUT2D eigenvalue weighted by Crippen LogP contribution is -2.24. The van der Waals surface area contributed by atoms with Gasteiger partial charge in [-0.3, -0.25) is 4.79 Å². The van der Waals surface area contributed by atoms with Crippen LogP contribution in [-0.4, -0.2) is 39.8 Å². The zero-order valence-electron chi connectivity index (χ0n) is 10.9. The summed E-state index contributed by atoms with van der Waals surface area (Å²) in [7, 11) is 3.25. The Bertz CT molecular complexity index is 369. The van der Waals surface area contributed by atoms with Crippen molar-refractivity contribution in [3.05, 3.63) is 24.3 Å². The molecule has 5 nitrogen and oxygen atoms in total. The zero-order valence-corrected chi connectivity index (χ0v) is 10.9. The molecule has 18 heavy (non-hydrogen) atoms. The predicted octanol–water partition coefficient (Wildman–Crippen LogP) is 1.26. The summed E-state index contributed by atoms with van der Waals surface area (Å²) in [6.45, 7) is 2.04. The Kier molecular flexibility index (Phi) is 6.83. The van der Waals surface area contributed by atoms with Gasteiger partial charge in [0.15, 0.2) is 0 Å². The molecular weight excluding hydrogens is 232 g/mol. The fraction of sp³-hybridized carbons (Fsp3) is 0.462. The molecule has 0 atom stereocenters. The van der Waals surface area contributed by atoms with Crippen molar-refractivity contribution < 1.29 is 14.3 Å². The summed E-state index contributed by atoms with van der Waals surface area (Å²) in [4.78, 5) is 11.6. The number of nitrogens with one attached hydrogen (secondary N) is 2. The van der Waals surface area contributed by atoms with Crippen LogP contribution in [0.25, 0.3) is 0 Å². The van der Waals surface area contributed by atoms with E-state index in [0.29, 0.717) is 19.6 Å². The molecule has 0 bridgehead atoms. The molecule has 0 radical (unpaired) electrons. The molecular formula is C13H20N2O3. The minimum atomic E-state index is -0.0202. The second-order valence-corrected chi connectivity index (χ2v) is 3.77. The SMILES string of the molecule is COCCNCCC(=O)Nc1cccc(OC)c1. The van der Waals surface area contributed by atoms with Gasteiger partial charge >= 0.3 is 0 Å². The first-order chi connectivity index (χ1) is 8.76. The largest absolute Gasteiger partial charge is 0.497 e. The van der Waals surface area contributed by atoms with Crippen LogP contribution in [0.15, 0.2) is 24.3 Å². The highest BCUT2D eigenvalue weighted by Crippen LogP contribution is 2.16. The number of carbonyl (C=O) groups excluding carboxylic acids is 1. The average Bonchev–Trinajstić information content (AvgIpc) is 2.38. The van der Waals surface area contributed by atoms with Crippen molar-refractivity contribution in [3.63, 3.8) is 0 Å². The molecule has 0 saturated heterocycles. The maximum absolute atomic E-state index is 11.6. The molecule has 0 spiro atoms. The smallest absolute Gasteiger partial charge is 0.225 e. The predicted molar refractivity (Wildman–Crippen MR) is 71.0 cm³/mol. The lowest BCUT2D eigenvalue weighted by molar-refractivity contribution is -0.116. The van der Waals surface area contributed by atoms with Gasteiger partial charge in [0.25, 0.3) is 0 Å². The number of hydrogen-bond donors (Lipinski definition) is 2. The van der Waals surface area contributed by atoms with Crippen LogP contribution < -0.4 is 15.4 Å². The summed E-state index contributed by atoms with van der Waals surface area (Å²) < 4.78 is 9.98. The van der Waals surface area contributed by atoms with Gasteiger partial charge in [0.05, 0.1) is 13.7 Å². The molecule has 1 amide bonds. The molecule has 0 aliphatic rings. The second kappa shape index (κ2) is 8.49. The number of hydrogen-bond acceptors (Lipinski definition) is 4. The molecule has 0 saturated carbocycles. The maximum atomic E-state index is 11.6. The van der Waals surface area contributed by atoms with Crippen LogP contribution >= 0.6 is 0 Å². The van der Waals surface area contributed by atoms with Gasteiger partial charge in [-0.2, -0.15) is 0 Å². The fourth-order valence-corrected chi connectivity index (χ4v) is 1.43. The first-order valence-corrected chi connectivity index (χ1v) is 5.90. The zero-order chi connectivity index (χ0) is 13.2. The van der Waals surface area contributed by atoms with Gasteiger partial charge < -0.3 is 20.1 Å². The minimum Gasteiger partial charge on any atom is -0.497 e. The minimum absolute atomic E-state index is 0.0202. The van der Waals surface area contributed by atoms with Gasteiger partial charge in [0.1, 0.15) is 5.75 Å². The van der Waals surface area contributed by atoms with Gasteiger partial charge in [0, 0.05) is 38.4 Å². The van der Waals surface area contributed by atoms with E-state index >= 15 is 0 Å². The van der Waals surface area contributed by atoms with Gasteiger partial charge in [-0.15, -0.1) is 0 Å². The first-order valence-electron chi connectivity index (χ1n) is 5.90. The third-order valence-electron chi connectivity index (χ3n) is 2.37. The Morgan fingerprint density at radius 1 is 1.28 bits per heavy atom.